The molecule has 0 radical (unpaired) electrons. The van der Waals surface area contributed by atoms with E-state index in [4.69, 9.17) is 4.74 Å². The van der Waals surface area contributed by atoms with Crippen molar-refractivity contribution < 1.29 is 14.6 Å². The van der Waals surface area contributed by atoms with Crippen molar-refractivity contribution in [2.45, 2.75) is 77.1 Å². The number of hydrogen-bond acceptors (Lipinski definition) is 3. The maximum absolute atomic E-state index is 12.9. The Morgan fingerprint density at radius 2 is 2.00 bits per heavy atom. The highest BCUT2D eigenvalue weighted by Crippen LogP contribution is 2.76. The molecule has 6 rings (SSSR count). The molecule has 1 aliphatic heterocycles. The molecule has 1 N–H and O–H groups in total. The first-order valence-electron chi connectivity index (χ1n) is 10.2. The quantitative estimate of drug-likeness (QED) is 0.694. The Balaban J connectivity index is 1.45. The Morgan fingerprint density at radius 1 is 1.21 bits per heavy atom. The average Bonchev–Trinajstić information content (AvgIpc) is 3.43. The largest absolute Gasteiger partial charge is 0.390 e. The van der Waals surface area contributed by atoms with Crippen molar-refractivity contribution in [1.82, 2.24) is 0 Å². The van der Waals surface area contributed by atoms with Crippen LogP contribution in [0.2, 0.25) is 0 Å². The van der Waals surface area contributed by atoms with Gasteiger partial charge in [-0.3, -0.25) is 4.79 Å². The summed E-state index contributed by atoms with van der Waals surface area (Å²) in [6.45, 7) is 7.02. The first-order chi connectivity index (χ1) is 11.3. The number of aliphatic hydroxyl groups is 1. The highest BCUT2D eigenvalue weighted by atomic mass is 16.6. The molecule has 11 atom stereocenters. The van der Waals surface area contributed by atoms with E-state index in [0.717, 1.165) is 25.7 Å². The molecule has 5 saturated carbocycles. The molecule has 3 nitrogen and oxygen atoms in total. The van der Waals surface area contributed by atoms with Gasteiger partial charge in [0, 0.05) is 16.7 Å². The zero-order valence-corrected chi connectivity index (χ0v) is 15.1. The van der Waals surface area contributed by atoms with E-state index in [1.807, 2.05) is 0 Å². The van der Waals surface area contributed by atoms with Gasteiger partial charge in [-0.2, -0.15) is 0 Å². The summed E-state index contributed by atoms with van der Waals surface area (Å²) >= 11 is 0. The van der Waals surface area contributed by atoms with E-state index in [9.17, 15) is 9.90 Å². The smallest absolute Gasteiger partial charge is 0.142 e. The van der Waals surface area contributed by atoms with Gasteiger partial charge in [0.25, 0.3) is 0 Å². The van der Waals surface area contributed by atoms with Crippen LogP contribution >= 0.6 is 0 Å². The first-order valence-corrected chi connectivity index (χ1v) is 10.2. The molecule has 1 heterocycles. The number of rotatable bonds is 0. The van der Waals surface area contributed by atoms with Crippen LogP contribution in [0.3, 0.4) is 0 Å². The Kier molecular flexibility index (Phi) is 2.43. The lowest BCUT2D eigenvalue weighted by molar-refractivity contribution is -0.155. The second-order valence-corrected chi connectivity index (χ2v) is 10.7. The van der Waals surface area contributed by atoms with Gasteiger partial charge >= 0.3 is 0 Å². The molecule has 6 aliphatic rings. The van der Waals surface area contributed by atoms with Crippen molar-refractivity contribution in [3.8, 4) is 0 Å². The summed E-state index contributed by atoms with van der Waals surface area (Å²) in [5.41, 5.74) is 0.0128. The van der Waals surface area contributed by atoms with Gasteiger partial charge in [-0.15, -0.1) is 0 Å². The fourth-order valence-electron chi connectivity index (χ4n) is 8.54. The summed E-state index contributed by atoms with van der Waals surface area (Å²) in [7, 11) is 0. The third-order valence-corrected chi connectivity index (χ3v) is 9.83. The van der Waals surface area contributed by atoms with Crippen molar-refractivity contribution in [1.29, 1.82) is 0 Å². The van der Waals surface area contributed by atoms with E-state index < -0.39 is 0 Å². The molecule has 0 aromatic rings. The monoisotopic (exact) mass is 330 g/mol. The van der Waals surface area contributed by atoms with E-state index in [1.165, 1.54) is 12.8 Å². The second-order valence-electron chi connectivity index (χ2n) is 10.7. The molecule has 6 fully saturated rings. The van der Waals surface area contributed by atoms with Crippen molar-refractivity contribution in [3.05, 3.63) is 0 Å². The van der Waals surface area contributed by atoms with Crippen LogP contribution in [0.1, 0.15) is 59.3 Å². The van der Waals surface area contributed by atoms with Gasteiger partial charge in [0.2, 0.25) is 0 Å². The number of epoxide rings is 1. The van der Waals surface area contributed by atoms with Crippen LogP contribution in [-0.4, -0.2) is 28.7 Å². The van der Waals surface area contributed by atoms with Gasteiger partial charge < -0.3 is 9.84 Å². The number of aliphatic hydroxyl groups excluding tert-OH is 1. The molecule has 0 amide bonds. The highest BCUT2D eigenvalue weighted by molar-refractivity contribution is 5.92. The third kappa shape index (κ3) is 1.34. The van der Waals surface area contributed by atoms with Gasteiger partial charge in [0.1, 0.15) is 17.5 Å². The molecule has 0 aromatic carbocycles. The first kappa shape index (κ1) is 14.7. The van der Waals surface area contributed by atoms with Crippen molar-refractivity contribution in [3.63, 3.8) is 0 Å². The number of Topliss-reactive ketones (excluding diaryl/α,β-unsaturated/α-hetero) is 1. The Labute approximate surface area is 144 Å². The number of carbonyl (C=O) groups is 1. The molecule has 132 valence electrons. The van der Waals surface area contributed by atoms with Crippen LogP contribution in [0, 0.1) is 46.3 Å². The summed E-state index contributed by atoms with van der Waals surface area (Å²) in [6.07, 6.45) is 6.61. The summed E-state index contributed by atoms with van der Waals surface area (Å²) in [6, 6.07) is 0. The standard InChI is InChI=1S/C21H30O3/c1-10-4-7-20(3)13-5-6-19(2)15(11-8-12(11)17(19)23)14(13)16(22)18-21(20,9-10)24-18/h10-16,18,22H,4-9H2,1-3H3. The number of ketones is 1. The number of carbonyl (C=O) groups excluding carboxylic acids is 1. The zero-order valence-electron chi connectivity index (χ0n) is 15.1. The summed E-state index contributed by atoms with van der Waals surface area (Å²) in [5, 5.41) is 11.3. The minimum absolute atomic E-state index is 0.0433. The minimum Gasteiger partial charge on any atom is -0.390 e. The Bertz CT molecular complexity index is 645. The van der Waals surface area contributed by atoms with Crippen molar-refractivity contribution in [2.24, 2.45) is 46.3 Å². The lowest BCUT2D eigenvalue weighted by atomic mass is 9.43. The van der Waals surface area contributed by atoms with Crippen LogP contribution in [-0.2, 0) is 9.53 Å². The molecule has 3 heteroatoms. The van der Waals surface area contributed by atoms with E-state index >= 15 is 0 Å². The predicted octanol–water partition coefficient (Wildman–Crippen LogP) is 3.19. The van der Waals surface area contributed by atoms with Crippen LogP contribution in [0.25, 0.3) is 0 Å². The second kappa shape index (κ2) is 3.96. The lowest BCUT2D eigenvalue weighted by Gasteiger charge is -2.60. The third-order valence-electron chi connectivity index (χ3n) is 9.83. The van der Waals surface area contributed by atoms with Gasteiger partial charge in [0.05, 0.1) is 6.10 Å². The molecule has 1 spiro atoms. The summed E-state index contributed by atoms with van der Waals surface area (Å²) in [5.74, 6) is 3.40. The normalized spacial score (nSPS) is 69.1. The highest BCUT2D eigenvalue weighted by Gasteiger charge is 2.81. The van der Waals surface area contributed by atoms with Crippen LogP contribution in [0.15, 0.2) is 0 Å². The molecule has 5 aliphatic carbocycles. The predicted molar refractivity (Wildman–Crippen MR) is 89.1 cm³/mol. The van der Waals surface area contributed by atoms with E-state index in [1.54, 1.807) is 0 Å². The molecule has 0 aromatic heterocycles. The van der Waals surface area contributed by atoms with E-state index in [0.29, 0.717) is 41.3 Å². The summed E-state index contributed by atoms with van der Waals surface area (Å²) in [4.78, 5) is 12.9. The minimum atomic E-state index is -0.342. The zero-order chi connectivity index (χ0) is 16.6. The Hall–Kier alpha value is -0.410. The molecule has 1 saturated heterocycles. The van der Waals surface area contributed by atoms with Gasteiger partial charge in [-0.25, -0.2) is 0 Å². The fourth-order valence-corrected chi connectivity index (χ4v) is 8.54. The molecular formula is C21H30O3. The maximum atomic E-state index is 12.9. The number of fused-ring (bicyclic) bond motifs is 6. The molecule has 11 unspecified atom stereocenters. The maximum Gasteiger partial charge on any atom is 0.142 e. The molecule has 0 bridgehead atoms. The number of ether oxygens (including phenoxy) is 1. The van der Waals surface area contributed by atoms with Gasteiger partial charge in [-0.1, -0.05) is 20.8 Å². The van der Waals surface area contributed by atoms with Crippen LogP contribution in [0.4, 0.5) is 0 Å². The molecule has 24 heavy (non-hydrogen) atoms. The Morgan fingerprint density at radius 3 is 2.79 bits per heavy atom. The molecular weight excluding hydrogens is 300 g/mol. The van der Waals surface area contributed by atoms with Crippen LogP contribution < -0.4 is 0 Å². The topological polar surface area (TPSA) is 49.8 Å². The fraction of sp³-hybridized carbons (Fsp3) is 0.952. The van der Waals surface area contributed by atoms with Crippen molar-refractivity contribution in [2.75, 3.05) is 0 Å². The average molecular weight is 330 g/mol. The van der Waals surface area contributed by atoms with Crippen LogP contribution in [0.5, 0.6) is 0 Å². The number of hydrogen-bond donors (Lipinski definition) is 1. The van der Waals surface area contributed by atoms with Crippen molar-refractivity contribution >= 4 is 5.78 Å². The van der Waals surface area contributed by atoms with Gasteiger partial charge in [0.15, 0.2) is 0 Å². The lowest BCUT2D eigenvalue weighted by Crippen LogP contribution is -2.63. The summed E-state index contributed by atoms with van der Waals surface area (Å²) < 4.78 is 6.37. The van der Waals surface area contributed by atoms with E-state index in [-0.39, 0.29) is 28.6 Å². The SMILES string of the molecule is CC1CCC2(C)C3CCC4(C)C(=O)C5CC5C4C3C(O)C3OC32C1. The van der Waals surface area contributed by atoms with E-state index in [2.05, 4.69) is 20.8 Å². The van der Waals surface area contributed by atoms with Gasteiger partial charge in [-0.05, 0) is 68.1 Å².